The molecule has 0 aliphatic carbocycles. The van der Waals surface area contributed by atoms with Crippen LogP contribution in [0.4, 0.5) is 11.4 Å². The smallest absolute Gasteiger partial charge is 0.510 e. The van der Waals surface area contributed by atoms with Crippen molar-refractivity contribution in [3.8, 4) is 5.75 Å². The molecule has 0 aliphatic heterocycles. The van der Waals surface area contributed by atoms with Crippen molar-refractivity contribution in [3.63, 3.8) is 0 Å². The molecular weight excluding hydrogens is 367 g/mol. The Balaban J connectivity index is 2.08. The molecule has 0 heterocycles. The van der Waals surface area contributed by atoms with Crippen molar-refractivity contribution >= 4 is 39.5 Å². The van der Waals surface area contributed by atoms with E-state index in [2.05, 4.69) is 4.72 Å². The van der Waals surface area contributed by atoms with Crippen LogP contribution in [0.3, 0.4) is 0 Å². The van der Waals surface area contributed by atoms with E-state index in [-0.39, 0.29) is 16.3 Å². The molecule has 3 N–H and O–H groups in total. The third-order valence-corrected chi connectivity index (χ3v) is 5.42. The van der Waals surface area contributed by atoms with Gasteiger partial charge >= 0.3 is 7.32 Å². The molecule has 0 aromatic heterocycles. The summed E-state index contributed by atoms with van der Waals surface area (Å²) >= 11 is 0. The number of rotatable bonds is 6. The molecule has 0 atom stereocenters. The second-order valence-corrected chi connectivity index (χ2v) is 7.72. The molecule has 0 amide bonds. The van der Waals surface area contributed by atoms with E-state index in [1.807, 2.05) is 31.1 Å². The lowest BCUT2D eigenvalue weighted by atomic mass is 10.1. The van der Waals surface area contributed by atoms with E-state index in [1.165, 1.54) is 18.2 Å². The molecule has 140 valence electrons. The molecule has 7 nitrogen and oxygen atoms in total. The highest BCUT2D eigenvalue weighted by Crippen LogP contribution is 2.32. The van der Waals surface area contributed by atoms with Gasteiger partial charge < -0.3 is 19.6 Å². The highest BCUT2D eigenvalue weighted by Gasteiger charge is 2.21. The summed E-state index contributed by atoms with van der Waals surface area (Å²) in [6.45, 7) is 0. The number of hydrogen-bond acceptors (Lipinski definition) is 6. The van der Waals surface area contributed by atoms with Gasteiger partial charge in [0.1, 0.15) is 5.75 Å². The van der Waals surface area contributed by atoms with E-state index >= 15 is 0 Å². The Morgan fingerprint density at radius 1 is 0.926 bits per heavy atom. The molecule has 0 fully saturated rings. The molecular formula is C18H19BN2O5S. The number of nitrogens with one attached hydrogen (secondary N) is 1. The first kappa shape index (κ1) is 19.0. The number of para-hydroxylation sites is 2. The van der Waals surface area contributed by atoms with Crippen LogP contribution in [-0.4, -0.2) is 39.9 Å². The van der Waals surface area contributed by atoms with Gasteiger partial charge in [0.2, 0.25) is 0 Å². The Morgan fingerprint density at radius 2 is 1.59 bits per heavy atom. The van der Waals surface area contributed by atoms with Crippen LogP contribution in [0, 0.1) is 0 Å². The van der Waals surface area contributed by atoms with Gasteiger partial charge in [0.05, 0.1) is 10.6 Å². The zero-order valence-electron chi connectivity index (χ0n) is 14.8. The summed E-state index contributed by atoms with van der Waals surface area (Å²) in [4.78, 5) is 2.03. The molecule has 0 saturated heterocycles. The predicted octanol–water partition coefficient (Wildman–Crippen LogP) is 2.05. The van der Waals surface area contributed by atoms with Crippen molar-refractivity contribution in [2.75, 3.05) is 23.7 Å². The third-order valence-electron chi connectivity index (χ3n) is 3.99. The number of sulfonamides is 1. The van der Waals surface area contributed by atoms with Crippen LogP contribution < -0.4 is 14.3 Å². The van der Waals surface area contributed by atoms with Crippen LogP contribution in [0.1, 0.15) is 0 Å². The molecule has 0 aliphatic rings. The molecule has 0 bridgehead atoms. The van der Waals surface area contributed by atoms with E-state index in [4.69, 9.17) is 14.7 Å². The highest BCUT2D eigenvalue weighted by atomic mass is 32.2. The highest BCUT2D eigenvalue weighted by molar-refractivity contribution is 7.93. The minimum Gasteiger partial charge on any atom is -0.510 e. The Morgan fingerprint density at radius 3 is 2.30 bits per heavy atom. The molecule has 3 aromatic rings. The van der Waals surface area contributed by atoms with Gasteiger partial charge in [-0.05, 0) is 24.3 Å². The second-order valence-electron chi connectivity index (χ2n) is 6.07. The SMILES string of the molecule is CN(C)c1cccc2c(S(=O)(=O)Nc3ccccc3OB(O)O)cccc12. The summed E-state index contributed by atoms with van der Waals surface area (Å²) in [5.74, 6) is 0.00490. The fourth-order valence-corrected chi connectivity index (χ4v) is 4.15. The first-order chi connectivity index (χ1) is 12.8. The van der Waals surface area contributed by atoms with Gasteiger partial charge in [-0.15, -0.1) is 0 Å². The van der Waals surface area contributed by atoms with Gasteiger partial charge in [0, 0.05) is 30.6 Å². The number of anilines is 2. The standard InChI is InChI=1S/C18H19BN2O5S/c1-21(2)16-10-5-8-14-13(16)7-6-12-18(14)27(24,25)20-15-9-3-4-11-17(15)26-19(22)23/h3-12,20,22-23H,1-2H3. The van der Waals surface area contributed by atoms with Crippen molar-refractivity contribution in [2.24, 2.45) is 0 Å². The average Bonchev–Trinajstić information content (AvgIpc) is 2.61. The van der Waals surface area contributed by atoms with Crippen LogP contribution >= 0.6 is 0 Å². The fourth-order valence-electron chi connectivity index (χ4n) is 2.86. The molecule has 0 spiro atoms. The molecule has 3 aromatic carbocycles. The van der Waals surface area contributed by atoms with Crippen LogP contribution in [-0.2, 0) is 10.0 Å². The van der Waals surface area contributed by atoms with Crippen molar-refractivity contribution < 1.29 is 23.1 Å². The quantitative estimate of drug-likeness (QED) is 0.561. The maximum absolute atomic E-state index is 13.0. The number of hydrogen-bond donors (Lipinski definition) is 3. The monoisotopic (exact) mass is 386 g/mol. The molecule has 0 saturated carbocycles. The Hall–Kier alpha value is -2.75. The van der Waals surface area contributed by atoms with Crippen molar-refractivity contribution in [3.05, 3.63) is 60.7 Å². The first-order valence-electron chi connectivity index (χ1n) is 8.13. The van der Waals surface area contributed by atoms with Crippen LogP contribution in [0.5, 0.6) is 5.75 Å². The Kier molecular flexibility index (Phi) is 5.27. The first-order valence-corrected chi connectivity index (χ1v) is 9.61. The van der Waals surface area contributed by atoms with Crippen LogP contribution in [0.25, 0.3) is 10.8 Å². The summed E-state index contributed by atoms with van der Waals surface area (Å²) < 4.78 is 33.4. The fraction of sp³-hybridized carbons (Fsp3) is 0.111. The van der Waals surface area contributed by atoms with E-state index in [0.29, 0.717) is 5.39 Å². The lowest BCUT2D eigenvalue weighted by Crippen LogP contribution is -2.22. The third kappa shape index (κ3) is 4.00. The topological polar surface area (TPSA) is 99.1 Å². The van der Waals surface area contributed by atoms with Crippen molar-refractivity contribution in [1.82, 2.24) is 0 Å². The zero-order chi connectivity index (χ0) is 19.6. The van der Waals surface area contributed by atoms with Crippen molar-refractivity contribution in [1.29, 1.82) is 0 Å². The Labute approximate surface area is 158 Å². The summed E-state index contributed by atoms with van der Waals surface area (Å²) in [6.07, 6.45) is 0. The average molecular weight is 386 g/mol. The van der Waals surface area contributed by atoms with E-state index in [9.17, 15) is 8.42 Å². The molecule has 3 rings (SSSR count). The van der Waals surface area contributed by atoms with Gasteiger partial charge in [-0.2, -0.15) is 0 Å². The molecule has 0 unspecified atom stereocenters. The van der Waals surface area contributed by atoms with Gasteiger partial charge in [0.25, 0.3) is 10.0 Å². The summed E-state index contributed by atoms with van der Waals surface area (Å²) in [7, 11) is -2.23. The largest absolute Gasteiger partial charge is 0.707 e. The minimum atomic E-state index is -3.95. The van der Waals surface area contributed by atoms with Crippen LogP contribution in [0.2, 0.25) is 0 Å². The number of nitrogens with zero attached hydrogens (tertiary/aromatic N) is 1. The van der Waals surface area contributed by atoms with E-state index in [1.54, 1.807) is 30.3 Å². The van der Waals surface area contributed by atoms with Crippen LogP contribution in [0.15, 0.2) is 65.6 Å². The summed E-state index contributed by atoms with van der Waals surface area (Å²) in [5.41, 5.74) is 1.00. The minimum absolute atomic E-state index is 0.00490. The molecule has 9 heteroatoms. The lowest BCUT2D eigenvalue weighted by Gasteiger charge is -2.18. The predicted molar refractivity (Wildman–Crippen MR) is 106 cm³/mol. The van der Waals surface area contributed by atoms with Gasteiger partial charge in [0.15, 0.2) is 0 Å². The number of benzene rings is 3. The van der Waals surface area contributed by atoms with Gasteiger partial charge in [-0.3, -0.25) is 4.72 Å². The number of fused-ring (bicyclic) bond motifs is 1. The van der Waals surface area contributed by atoms with E-state index in [0.717, 1.165) is 11.1 Å². The van der Waals surface area contributed by atoms with Gasteiger partial charge in [-0.25, -0.2) is 8.42 Å². The van der Waals surface area contributed by atoms with Crippen molar-refractivity contribution in [2.45, 2.75) is 4.90 Å². The second kappa shape index (κ2) is 7.47. The zero-order valence-corrected chi connectivity index (χ0v) is 15.6. The van der Waals surface area contributed by atoms with Gasteiger partial charge in [-0.1, -0.05) is 36.4 Å². The lowest BCUT2D eigenvalue weighted by molar-refractivity contribution is 0.289. The maximum atomic E-state index is 13.0. The summed E-state index contributed by atoms with van der Waals surface area (Å²) in [6, 6.07) is 16.7. The molecule has 0 radical (unpaired) electrons. The summed E-state index contributed by atoms with van der Waals surface area (Å²) in [5, 5.41) is 19.4. The normalized spacial score (nSPS) is 11.3. The van der Waals surface area contributed by atoms with E-state index < -0.39 is 17.3 Å². The molecule has 27 heavy (non-hydrogen) atoms. The Bertz CT molecular complexity index is 1070. The maximum Gasteiger partial charge on any atom is 0.707 e.